The molecule has 0 atom stereocenters. The second-order valence-corrected chi connectivity index (χ2v) is 8.66. The van der Waals surface area contributed by atoms with Crippen LogP contribution in [0.2, 0.25) is 0 Å². The lowest BCUT2D eigenvalue weighted by Gasteiger charge is -2.56. The third-order valence-corrected chi connectivity index (χ3v) is 7.23. The third kappa shape index (κ3) is 1.78. The summed E-state index contributed by atoms with van der Waals surface area (Å²) in [6.07, 6.45) is 9.32. The summed E-state index contributed by atoms with van der Waals surface area (Å²) in [5, 5.41) is 1.13. The zero-order chi connectivity index (χ0) is 15.8. The first-order valence-corrected chi connectivity index (χ1v) is 9.17. The minimum Gasteiger partial charge on any atom is -0.357 e. The highest BCUT2D eigenvalue weighted by molar-refractivity contribution is 6.00. The highest BCUT2D eigenvalue weighted by atomic mass is 16.1. The number of carbonyl (C=O) groups excluding carboxylic acids is 1. The molecule has 2 nitrogen and oxygen atoms in total. The van der Waals surface area contributed by atoms with E-state index in [4.69, 9.17) is 0 Å². The zero-order valence-electron chi connectivity index (χ0n) is 14.1. The average molecular weight is 307 g/mol. The van der Waals surface area contributed by atoms with Gasteiger partial charge >= 0.3 is 0 Å². The Balaban J connectivity index is 1.74. The predicted molar refractivity (Wildman–Crippen MR) is 93.0 cm³/mol. The van der Waals surface area contributed by atoms with Gasteiger partial charge in [-0.25, -0.2) is 0 Å². The van der Waals surface area contributed by atoms with Gasteiger partial charge in [-0.3, -0.25) is 4.79 Å². The normalized spacial score (nSPS) is 35.1. The van der Waals surface area contributed by atoms with Crippen LogP contribution in [0.1, 0.15) is 65.7 Å². The summed E-state index contributed by atoms with van der Waals surface area (Å²) in [6.45, 7) is 4.33. The van der Waals surface area contributed by atoms with Crippen molar-refractivity contribution in [1.82, 2.24) is 4.98 Å². The van der Waals surface area contributed by atoms with Gasteiger partial charge < -0.3 is 4.98 Å². The molecule has 1 heterocycles. The lowest BCUT2D eigenvalue weighted by Crippen LogP contribution is -2.49. The number of hydrogen-bond acceptors (Lipinski definition) is 1. The first-order valence-electron chi connectivity index (χ1n) is 9.17. The lowest BCUT2D eigenvalue weighted by atomic mass is 9.48. The number of H-pyrrole nitrogens is 1. The smallest absolute Gasteiger partial charge is 0.152 e. The molecule has 120 valence electrons. The van der Waals surface area contributed by atoms with E-state index in [1.807, 2.05) is 0 Å². The van der Waals surface area contributed by atoms with Crippen LogP contribution in [0.3, 0.4) is 0 Å². The zero-order valence-corrected chi connectivity index (χ0v) is 14.1. The summed E-state index contributed by atoms with van der Waals surface area (Å²) in [4.78, 5) is 15.7. The molecule has 2 aromatic rings. The Morgan fingerprint density at radius 2 is 1.65 bits per heavy atom. The standard InChI is InChI=1S/C21H25NO/c1-12-3-4-17-18(11-23)20(22-19(17)13(12)2)21-8-14-5-15(9-21)7-16(6-14)10-21/h3-4,11,14-16,22H,5-10H2,1-2H3. The van der Waals surface area contributed by atoms with Gasteiger partial charge in [-0.05, 0) is 81.3 Å². The summed E-state index contributed by atoms with van der Waals surface area (Å²) in [6, 6.07) is 4.30. The molecule has 0 radical (unpaired) electrons. The first-order chi connectivity index (χ1) is 11.1. The van der Waals surface area contributed by atoms with Gasteiger partial charge in [0.05, 0.1) is 0 Å². The monoisotopic (exact) mass is 307 g/mol. The predicted octanol–water partition coefficient (Wildman–Crippen LogP) is 5.07. The van der Waals surface area contributed by atoms with Gasteiger partial charge in [0.15, 0.2) is 6.29 Å². The van der Waals surface area contributed by atoms with Crippen molar-refractivity contribution in [2.75, 3.05) is 0 Å². The number of carbonyl (C=O) groups is 1. The van der Waals surface area contributed by atoms with Crippen LogP contribution in [-0.4, -0.2) is 11.3 Å². The maximum absolute atomic E-state index is 12.0. The van der Waals surface area contributed by atoms with Crippen molar-refractivity contribution in [3.63, 3.8) is 0 Å². The molecule has 0 saturated heterocycles. The second-order valence-electron chi connectivity index (χ2n) is 8.66. The molecule has 4 bridgehead atoms. The first kappa shape index (κ1) is 13.8. The summed E-state index contributed by atoms with van der Waals surface area (Å²) in [7, 11) is 0. The Kier molecular flexibility index (Phi) is 2.70. The topological polar surface area (TPSA) is 32.9 Å². The molecule has 6 rings (SSSR count). The molecule has 1 N–H and O–H groups in total. The number of hydrogen-bond donors (Lipinski definition) is 1. The fraction of sp³-hybridized carbons (Fsp3) is 0.571. The van der Waals surface area contributed by atoms with Crippen molar-refractivity contribution in [2.24, 2.45) is 17.8 Å². The fourth-order valence-corrected chi connectivity index (χ4v) is 6.49. The average Bonchev–Trinajstić information content (AvgIpc) is 2.90. The Morgan fingerprint density at radius 3 is 2.22 bits per heavy atom. The molecule has 0 amide bonds. The quantitative estimate of drug-likeness (QED) is 0.772. The molecule has 1 aromatic heterocycles. The number of nitrogens with one attached hydrogen (secondary N) is 1. The SMILES string of the molecule is Cc1ccc2c(C=O)c(C34CC5CC(CC(C5)C3)C4)[nH]c2c1C. The third-order valence-electron chi connectivity index (χ3n) is 7.23. The van der Waals surface area contributed by atoms with Crippen LogP contribution in [0.5, 0.6) is 0 Å². The van der Waals surface area contributed by atoms with E-state index in [2.05, 4.69) is 31.0 Å². The Hall–Kier alpha value is -1.57. The minimum atomic E-state index is 0.254. The molecule has 4 aliphatic carbocycles. The summed E-state index contributed by atoms with van der Waals surface area (Å²) >= 11 is 0. The van der Waals surface area contributed by atoms with E-state index in [1.165, 1.54) is 60.9 Å². The van der Waals surface area contributed by atoms with E-state index in [-0.39, 0.29) is 5.41 Å². The van der Waals surface area contributed by atoms with Crippen molar-refractivity contribution in [1.29, 1.82) is 0 Å². The lowest BCUT2D eigenvalue weighted by molar-refractivity contribution is -0.00710. The molecular formula is C21H25NO. The van der Waals surface area contributed by atoms with Gasteiger partial charge in [0.2, 0.25) is 0 Å². The van der Waals surface area contributed by atoms with E-state index in [1.54, 1.807) is 0 Å². The summed E-state index contributed by atoms with van der Waals surface area (Å²) in [5.41, 5.74) is 6.26. The molecular weight excluding hydrogens is 282 g/mol. The van der Waals surface area contributed by atoms with E-state index in [0.29, 0.717) is 0 Å². The number of benzene rings is 1. The number of aromatic amines is 1. The molecule has 0 unspecified atom stereocenters. The largest absolute Gasteiger partial charge is 0.357 e. The van der Waals surface area contributed by atoms with Crippen molar-refractivity contribution in [3.05, 3.63) is 34.5 Å². The van der Waals surface area contributed by atoms with Gasteiger partial charge in [0.1, 0.15) is 0 Å². The van der Waals surface area contributed by atoms with E-state index in [0.717, 1.165) is 35.0 Å². The van der Waals surface area contributed by atoms with Gasteiger partial charge in [-0.1, -0.05) is 12.1 Å². The summed E-state index contributed by atoms with van der Waals surface area (Å²) < 4.78 is 0. The molecule has 23 heavy (non-hydrogen) atoms. The maximum Gasteiger partial charge on any atom is 0.152 e. The Morgan fingerprint density at radius 1 is 1.04 bits per heavy atom. The van der Waals surface area contributed by atoms with Crippen LogP contribution in [-0.2, 0) is 5.41 Å². The van der Waals surface area contributed by atoms with Crippen LogP contribution >= 0.6 is 0 Å². The van der Waals surface area contributed by atoms with Gasteiger partial charge in [-0.2, -0.15) is 0 Å². The van der Waals surface area contributed by atoms with Crippen LogP contribution < -0.4 is 0 Å². The van der Waals surface area contributed by atoms with E-state index >= 15 is 0 Å². The van der Waals surface area contributed by atoms with Crippen LogP contribution in [0, 0.1) is 31.6 Å². The number of aryl methyl sites for hydroxylation is 2. The van der Waals surface area contributed by atoms with Crippen LogP contribution in [0.15, 0.2) is 12.1 Å². The van der Waals surface area contributed by atoms with Gasteiger partial charge in [-0.15, -0.1) is 0 Å². The van der Waals surface area contributed by atoms with Crippen LogP contribution in [0.25, 0.3) is 10.9 Å². The van der Waals surface area contributed by atoms with Gasteiger partial charge in [0, 0.05) is 27.6 Å². The van der Waals surface area contributed by atoms with E-state index in [9.17, 15) is 4.79 Å². The molecule has 0 spiro atoms. The highest BCUT2D eigenvalue weighted by Gasteiger charge is 2.53. The van der Waals surface area contributed by atoms with Gasteiger partial charge in [0.25, 0.3) is 0 Å². The molecule has 4 aliphatic rings. The fourth-order valence-electron chi connectivity index (χ4n) is 6.49. The highest BCUT2D eigenvalue weighted by Crippen LogP contribution is 2.61. The number of aldehydes is 1. The van der Waals surface area contributed by atoms with Crippen molar-refractivity contribution in [3.8, 4) is 0 Å². The molecule has 2 heteroatoms. The second kappa shape index (κ2) is 4.49. The van der Waals surface area contributed by atoms with Crippen LogP contribution in [0.4, 0.5) is 0 Å². The van der Waals surface area contributed by atoms with Crippen molar-refractivity contribution in [2.45, 2.75) is 57.8 Å². The number of aromatic nitrogens is 1. The number of rotatable bonds is 2. The van der Waals surface area contributed by atoms with Crippen molar-refractivity contribution < 1.29 is 4.79 Å². The maximum atomic E-state index is 12.0. The minimum absolute atomic E-state index is 0.254. The molecule has 0 aliphatic heterocycles. The van der Waals surface area contributed by atoms with Crippen molar-refractivity contribution >= 4 is 17.2 Å². The summed E-state index contributed by atoms with van der Waals surface area (Å²) in [5.74, 6) is 2.69. The number of fused-ring (bicyclic) bond motifs is 1. The molecule has 4 saturated carbocycles. The Labute approximate surface area is 137 Å². The molecule has 4 fully saturated rings. The van der Waals surface area contributed by atoms with E-state index < -0.39 is 0 Å². The Bertz CT molecular complexity index is 778. The molecule has 1 aromatic carbocycles.